The van der Waals surface area contributed by atoms with E-state index in [9.17, 15) is 19.5 Å². The highest BCUT2D eigenvalue weighted by molar-refractivity contribution is 6.12. The fourth-order valence-corrected chi connectivity index (χ4v) is 3.56. The lowest BCUT2D eigenvalue weighted by molar-refractivity contribution is 0.0474. The number of rotatable bonds is 3. The minimum absolute atomic E-state index is 0.189. The van der Waals surface area contributed by atoms with Crippen LogP contribution in [0.1, 0.15) is 33.6 Å². The molecule has 0 aliphatic carbocycles. The molecule has 2 amide bonds. The molecule has 0 radical (unpaired) electrons. The van der Waals surface area contributed by atoms with Gasteiger partial charge in [0, 0.05) is 24.3 Å². The zero-order valence-corrected chi connectivity index (χ0v) is 15.6. The molecule has 0 saturated carbocycles. The molecular formula is C21H20N4O4. The van der Waals surface area contributed by atoms with E-state index in [-0.39, 0.29) is 16.9 Å². The van der Waals surface area contributed by atoms with Gasteiger partial charge in [-0.05, 0) is 43.2 Å². The SMILES string of the molecule is O=C(Nc1cccc(C(=O)N2CCCC(O)C2)c1)c1cccc2nc[nH]c(=O)c12. The third kappa shape index (κ3) is 3.88. The van der Waals surface area contributed by atoms with E-state index in [4.69, 9.17) is 0 Å². The van der Waals surface area contributed by atoms with Crippen LogP contribution in [0.4, 0.5) is 5.69 Å². The molecule has 1 unspecified atom stereocenters. The number of fused-ring (bicyclic) bond motifs is 1. The van der Waals surface area contributed by atoms with Crippen molar-refractivity contribution in [1.29, 1.82) is 0 Å². The highest BCUT2D eigenvalue weighted by atomic mass is 16.3. The predicted molar refractivity (Wildman–Crippen MR) is 108 cm³/mol. The number of nitrogens with zero attached hydrogens (tertiary/aromatic N) is 2. The maximum Gasteiger partial charge on any atom is 0.259 e. The molecule has 8 heteroatoms. The molecule has 2 aromatic carbocycles. The van der Waals surface area contributed by atoms with E-state index in [0.29, 0.717) is 36.3 Å². The van der Waals surface area contributed by atoms with Crippen molar-refractivity contribution in [2.45, 2.75) is 18.9 Å². The highest BCUT2D eigenvalue weighted by Crippen LogP contribution is 2.19. The molecule has 148 valence electrons. The Balaban J connectivity index is 1.58. The molecule has 8 nitrogen and oxygen atoms in total. The summed E-state index contributed by atoms with van der Waals surface area (Å²) in [6.45, 7) is 0.902. The number of piperidine rings is 1. The molecule has 4 rings (SSSR count). The molecule has 1 aliphatic heterocycles. The van der Waals surface area contributed by atoms with Gasteiger partial charge in [0.2, 0.25) is 0 Å². The average molecular weight is 392 g/mol. The van der Waals surface area contributed by atoms with Gasteiger partial charge in [-0.1, -0.05) is 12.1 Å². The molecule has 0 spiro atoms. The largest absolute Gasteiger partial charge is 0.391 e. The minimum Gasteiger partial charge on any atom is -0.391 e. The maximum absolute atomic E-state index is 12.8. The number of likely N-dealkylation sites (tertiary alicyclic amines) is 1. The first kappa shape index (κ1) is 18.8. The average Bonchev–Trinajstić information content (AvgIpc) is 2.73. The molecule has 0 bridgehead atoms. The molecule has 3 N–H and O–H groups in total. The number of anilines is 1. The number of hydrogen-bond acceptors (Lipinski definition) is 5. The third-order valence-electron chi connectivity index (χ3n) is 4.96. The Morgan fingerprint density at radius 2 is 2.03 bits per heavy atom. The van der Waals surface area contributed by atoms with Crippen LogP contribution in [0.3, 0.4) is 0 Å². The minimum atomic E-state index is -0.506. The van der Waals surface area contributed by atoms with E-state index >= 15 is 0 Å². The van der Waals surface area contributed by atoms with Gasteiger partial charge in [-0.3, -0.25) is 14.4 Å². The number of aliphatic hydroxyl groups excluding tert-OH is 1. The molecule has 29 heavy (non-hydrogen) atoms. The van der Waals surface area contributed by atoms with Gasteiger partial charge < -0.3 is 20.3 Å². The van der Waals surface area contributed by atoms with Crippen LogP contribution < -0.4 is 10.9 Å². The smallest absolute Gasteiger partial charge is 0.259 e. The van der Waals surface area contributed by atoms with Crippen LogP contribution in [-0.4, -0.2) is 51.0 Å². The van der Waals surface area contributed by atoms with Crippen molar-refractivity contribution in [3.05, 3.63) is 70.3 Å². The van der Waals surface area contributed by atoms with Crippen molar-refractivity contribution >= 4 is 28.4 Å². The Labute approximate surface area is 166 Å². The Morgan fingerprint density at radius 3 is 2.86 bits per heavy atom. The Bertz CT molecular complexity index is 1140. The second-order valence-corrected chi connectivity index (χ2v) is 7.01. The molecule has 1 fully saturated rings. The fourth-order valence-electron chi connectivity index (χ4n) is 3.56. The van der Waals surface area contributed by atoms with Crippen LogP contribution in [0.25, 0.3) is 10.9 Å². The number of aliphatic hydroxyl groups is 1. The Morgan fingerprint density at radius 1 is 1.21 bits per heavy atom. The second kappa shape index (κ2) is 7.84. The standard InChI is InChI=1S/C21H20N4O4/c26-15-6-3-9-25(11-15)21(29)13-4-1-5-14(10-13)24-19(27)16-7-2-8-17-18(16)20(28)23-12-22-17/h1-2,4-5,7-8,10,12,15,26H,3,6,9,11H2,(H,24,27)(H,22,23,28). The van der Waals surface area contributed by atoms with E-state index in [0.717, 1.165) is 6.42 Å². The van der Waals surface area contributed by atoms with Crippen LogP contribution in [0.2, 0.25) is 0 Å². The molecule has 1 aliphatic rings. The van der Waals surface area contributed by atoms with E-state index < -0.39 is 17.6 Å². The van der Waals surface area contributed by atoms with Crippen LogP contribution in [-0.2, 0) is 0 Å². The number of carbonyl (C=O) groups is 2. The summed E-state index contributed by atoms with van der Waals surface area (Å²) in [6, 6.07) is 11.5. The summed E-state index contributed by atoms with van der Waals surface area (Å²) in [6.07, 6.45) is 2.24. The summed E-state index contributed by atoms with van der Waals surface area (Å²) in [5.41, 5.74) is 1.10. The van der Waals surface area contributed by atoms with E-state index in [2.05, 4.69) is 15.3 Å². The number of H-pyrrole nitrogens is 1. The summed E-state index contributed by atoms with van der Waals surface area (Å²) in [5.74, 6) is -0.655. The zero-order valence-electron chi connectivity index (χ0n) is 15.6. The number of nitrogens with one attached hydrogen (secondary N) is 2. The van der Waals surface area contributed by atoms with Gasteiger partial charge in [0.05, 0.1) is 28.9 Å². The summed E-state index contributed by atoms with van der Waals surface area (Å²) < 4.78 is 0. The number of hydrogen-bond donors (Lipinski definition) is 3. The van der Waals surface area contributed by atoms with Crippen molar-refractivity contribution in [2.75, 3.05) is 18.4 Å². The lowest BCUT2D eigenvalue weighted by Crippen LogP contribution is -2.42. The first-order chi connectivity index (χ1) is 14.0. The number of aromatic amines is 1. The number of β-amino-alcohol motifs (C(OH)–C–C–N with tert-alkyl or cyclic N) is 1. The number of amides is 2. The zero-order chi connectivity index (χ0) is 20.4. The van der Waals surface area contributed by atoms with Crippen LogP contribution in [0, 0.1) is 0 Å². The topological polar surface area (TPSA) is 115 Å². The van der Waals surface area contributed by atoms with Crippen LogP contribution in [0.15, 0.2) is 53.6 Å². The van der Waals surface area contributed by atoms with Crippen molar-refractivity contribution in [3.63, 3.8) is 0 Å². The monoisotopic (exact) mass is 392 g/mol. The van der Waals surface area contributed by atoms with Crippen LogP contribution >= 0.6 is 0 Å². The molecule has 3 aromatic rings. The first-order valence-electron chi connectivity index (χ1n) is 9.38. The van der Waals surface area contributed by atoms with Gasteiger partial charge in [0.25, 0.3) is 17.4 Å². The van der Waals surface area contributed by atoms with Gasteiger partial charge >= 0.3 is 0 Å². The fraction of sp³-hybridized carbons (Fsp3) is 0.238. The Hall–Kier alpha value is -3.52. The van der Waals surface area contributed by atoms with E-state index in [1.807, 2.05) is 0 Å². The van der Waals surface area contributed by atoms with Crippen molar-refractivity contribution in [2.24, 2.45) is 0 Å². The van der Waals surface area contributed by atoms with Crippen molar-refractivity contribution in [1.82, 2.24) is 14.9 Å². The third-order valence-corrected chi connectivity index (χ3v) is 4.96. The molecular weight excluding hydrogens is 372 g/mol. The highest BCUT2D eigenvalue weighted by Gasteiger charge is 2.23. The van der Waals surface area contributed by atoms with Gasteiger partial charge in [0.1, 0.15) is 0 Å². The van der Waals surface area contributed by atoms with Gasteiger partial charge in [-0.2, -0.15) is 0 Å². The lowest BCUT2D eigenvalue weighted by atomic mass is 10.1. The summed E-state index contributed by atoms with van der Waals surface area (Å²) in [5, 5.41) is 12.8. The van der Waals surface area contributed by atoms with Crippen molar-refractivity contribution in [3.8, 4) is 0 Å². The van der Waals surface area contributed by atoms with E-state index in [1.165, 1.54) is 6.33 Å². The number of aromatic nitrogens is 2. The normalized spacial score (nSPS) is 16.6. The lowest BCUT2D eigenvalue weighted by Gasteiger charge is -2.30. The number of benzene rings is 2. The molecule has 1 atom stereocenters. The molecule has 1 aromatic heterocycles. The molecule has 2 heterocycles. The quantitative estimate of drug-likeness (QED) is 0.628. The summed E-state index contributed by atoms with van der Waals surface area (Å²) in [7, 11) is 0. The first-order valence-corrected chi connectivity index (χ1v) is 9.38. The summed E-state index contributed by atoms with van der Waals surface area (Å²) in [4.78, 5) is 45.8. The summed E-state index contributed by atoms with van der Waals surface area (Å²) >= 11 is 0. The second-order valence-electron chi connectivity index (χ2n) is 7.01. The van der Waals surface area contributed by atoms with Crippen molar-refractivity contribution < 1.29 is 14.7 Å². The molecule has 1 saturated heterocycles. The predicted octanol–water partition coefficient (Wildman–Crippen LogP) is 1.77. The van der Waals surface area contributed by atoms with Gasteiger partial charge in [-0.25, -0.2) is 4.98 Å². The van der Waals surface area contributed by atoms with E-state index in [1.54, 1.807) is 47.4 Å². The van der Waals surface area contributed by atoms with Crippen LogP contribution in [0.5, 0.6) is 0 Å². The maximum atomic E-state index is 12.8. The Kier molecular flexibility index (Phi) is 5.09. The van der Waals surface area contributed by atoms with Gasteiger partial charge in [-0.15, -0.1) is 0 Å². The van der Waals surface area contributed by atoms with Gasteiger partial charge in [0.15, 0.2) is 0 Å². The number of carbonyl (C=O) groups excluding carboxylic acids is 2.